The molecule has 1 heterocycles. The van der Waals surface area contributed by atoms with Crippen LogP contribution in [0.5, 0.6) is 11.5 Å². The Balaban J connectivity index is 3.55. The highest BCUT2D eigenvalue weighted by Crippen LogP contribution is 2.42. The number of alkyl halides is 6. The summed E-state index contributed by atoms with van der Waals surface area (Å²) in [7, 11) is 1.02. The van der Waals surface area contributed by atoms with Crippen molar-refractivity contribution in [3.8, 4) is 17.6 Å². The molecule has 0 aliphatic rings. The van der Waals surface area contributed by atoms with Gasteiger partial charge in [-0.1, -0.05) is 0 Å². The third-order valence-corrected chi connectivity index (χ3v) is 2.06. The first-order valence-electron chi connectivity index (χ1n) is 4.86. The van der Waals surface area contributed by atoms with E-state index in [4.69, 9.17) is 5.26 Å². The fourth-order valence-corrected chi connectivity index (χ4v) is 1.36. The molecule has 4 nitrogen and oxygen atoms in total. The molecule has 110 valence electrons. The molecule has 0 saturated carbocycles. The van der Waals surface area contributed by atoms with Crippen LogP contribution in [0.1, 0.15) is 11.3 Å². The van der Waals surface area contributed by atoms with E-state index in [0.717, 1.165) is 7.11 Å². The smallest absolute Gasteiger partial charge is 0.495 e. The number of halogens is 6. The first kappa shape index (κ1) is 15.9. The number of ether oxygens (including phenoxy) is 2. The maximum absolute atomic E-state index is 12.6. The van der Waals surface area contributed by atoms with Gasteiger partial charge < -0.3 is 9.47 Å². The zero-order valence-electron chi connectivity index (χ0n) is 9.76. The van der Waals surface area contributed by atoms with Gasteiger partial charge >= 0.3 is 12.5 Å². The Kier molecular flexibility index (Phi) is 4.32. The van der Waals surface area contributed by atoms with Gasteiger partial charge in [0.2, 0.25) is 0 Å². The van der Waals surface area contributed by atoms with Gasteiger partial charge in [0.25, 0.3) is 0 Å². The molecule has 0 bridgehead atoms. The van der Waals surface area contributed by atoms with E-state index in [1.54, 1.807) is 0 Å². The number of aromatic nitrogens is 1. The largest absolute Gasteiger partial charge is 0.573 e. The lowest BCUT2D eigenvalue weighted by molar-refractivity contribution is -0.276. The average Bonchev–Trinajstić information content (AvgIpc) is 2.27. The van der Waals surface area contributed by atoms with Crippen LogP contribution in [0.25, 0.3) is 0 Å². The summed E-state index contributed by atoms with van der Waals surface area (Å²) in [6, 6.07) is 1.44. The lowest BCUT2D eigenvalue weighted by Crippen LogP contribution is -2.22. The summed E-state index contributed by atoms with van der Waals surface area (Å²) in [5.41, 5.74) is -2.55. The molecule has 0 aromatic carbocycles. The van der Waals surface area contributed by atoms with Gasteiger partial charge in [0.1, 0.15) is 5.75 Å². The molecule has 0 saturated heterocycles. The number of nitriles is 1. The molecule has 0 unspecified atom stereocenters. The van der Waals surface area contributed by atoms with Crippen molar-refractivity contribution in [2.75, 3.05) is 7.11 Å². The SMILES string of the molecule is COc1cnc(C(F)(F)F)c(OC(F)(F)F)c1CC#N. The van der Waals surface area contributed by atoms with E-state index in [-0.39, 0.29) is 0 Å². The lowest BCUT2D eigenvalue weighted by Gasteiger charge is -2.18. The molecule has 0 aliphatic heterocycles. The molecule has 0 spiro atoms. The topological polar surface area (TPSA) is 55.1 Å². The van der Waals surface area contributed by atoms with E-state index in [0.29, 0.717) is 6.20 Å². The number of pyridine rings is 1. The first-order valence-corrected chi connectivity index (χ1v) is 4.86. The molecule has 1 aromatic heterocycles. The van der Waals surface area contributed by atoms with Crippen LogP contribution in [0.15, 0.2) is 6.20 Å². The van der Waals surface area contributed by atoms with Crippen LogP contribution in [0.4, 0.5) is 26.3 Å². The minimum Gasteiger partial charge on any atom is -0.495 e. The van der Waals surface area contributed by atoms with E-state index in [1.807, 2.05) is 0 Å². The molecule has 0 atom stereocenters. The predicted molar refractivity (Wildman–Crippen MR) is 51.8 cm³/mol. The number of nitrogens with zero attached hydrogens (tertiary/aromatic N) is 2. The third kappa shape index (κ3) is 3.66. The van der Waals surface area contributed by atoms with Gasteiger partial charge in [0, 0.05) is 0 Å². The molecule has 0 aliphatic carbocycles. The molecule has 1 aromatic rings. The van der Waals surface area contributed by atoms with Crippen molar-refractivity contribution in [1.82, 2.24) is 4.98 Å². The fraction of sp³-hybridized carbons (Fsp3) is 0.400. The third-order valence-electron chi connectivity index (χ3n) is 2.06. The van der Waals surface area contributed by atoms with Gasteiger partial charge in [-0.05, 0) is 0 Å². The Labute approximate surface area is 108 Å². The quantitative estimate of drug-likeness (QED) is 0.805. The molecule has 20 heavy (non-hydrogen) atoms. The normalized spacial score (nSPS) is 11.9. The number of hydrogen-bond donors (Lipinski definition) is 0. The van der Waals surface area contributed by atoms with Crippen LogP contribution in [-0.4, -0.2) is 18.5 Å². The van der Waals surface area contributed by atoms with Crippen LogP contribution < -0.4 is 9.47 Å². The molecule has 1 rings (SSSR count). The summed E-state index contributed by atoms with van der Waals surface area (Å²) in [5.74, 6) is -1.98. The number of hydrogen-bond acceptors (Lipinski definition) is 4. The Morgan fingerprint density at radius 2 is 1.85 bits per heavy atom. The van der Waals surface area contributed by atoms with Crippen molar-refractivity contribution in [1.29, 1.82) is 5.26 Å². The summed E-state index contributed by atoms with van der Waals surface area (Å²) < 4.78 is 82.6. The molecule has 0 amide bonds. The van der Waals surface area contributed by atoms with Gasteiger partial charge in [0.05, 0.1) is 31.4 Å². The minimum atomic E-state index is -5.36. The van der Waals surface area contributed by atoms with E-state index in [9.17, 15) is 26.3 Å². The van der Waals surface area contributed by atoms with Crippen LogP contribution in [0.3, 0.4) is 0 Å². The molecular weight excluding hydrogens is 294 g/mol. The molecule has 0 radical (unpaired) electrons. The Morgan fingerprint density at radius 1 is 1.25 bits per heavy atom. The highest BCUT2D eigenvalue weighted by Gasteiger charge is 2.42. The Bertz CT molecular complexity index is 532. The second-order valence-corrected chi connectivity index (χ2v) is 3.36. The monoisotopic (exact) mass is 300 g/mol. The van der Waals surface area contributed by atoms with Gasteiger partial charge in [-0.25, -0.2) is 4.98 Å². The lowest BCUT2D eigenvalue weighted by atomic mass is 10.1. The van der Waals surface area contributed by atoms with Crippen molar-refractivity contribution in [3.05, 3.63) is 17.5 Å². The Morgan fingerprint density at radius 3 is 2.25 bits per heavy atom. The maximum atomic E-state index is 12.6. The van der Waals surface area contributed by atoms with E-state index < -0.39 is 41.7 Å². The van der Waals surface area contributed by atoms with Crippen LogP contribution in [-0.2, 0) is 12.6 Å². The average molecular weight is 300 g/mol. The van der Waals surface area contributed by atoms with Gasteiger partial charge in [0.15, 0.2) is 11.4 Å². The summed E-state index contributed by atoms with van der Waals surface area (Å²) in [6.07, 6.45) is -10.7. The summed E-state index contributed by atoms with van der Waals surface area (Å²) >= 11 is 0. The molecule has 0 fully saturated rings. The summed E-state index contributed by atoms with van der Waals surface area (Å²) in [6.45, 7) is 0. The van der Waals surface area contributed by atoms with Crippen molar-refractivity contribution in [3.63, 3.8) is 0 Å². The van der Waals surface area contributed by atoms with Crippen LogP contribution in [0, 0.1) is 11.3 Å². The van der Waals surface area contributed by atoms with E-state index in [1.165, 1.54) is 6.07 Å². The first-order chi connectivity index (χ1) is 9.10. The second-order valence-electron chi connectivity index (χ2n) is 3.36. The molecular formula is C10H6F6N2O2. The van der Waals surface area contributed by atoms with Crippen molar-refractivity contribution < 1.29 is 35.8 Å². The minimum absolute atomic E-state index is 0.404. The van der Waals surface area contributed by atoms with E-state index in [2.05, 4.69) is 14.5 Å². The van der Waals surface area contributed by atoms with Crippen molar-refractivity contribution in [2.24, 2.45) is 0 Å². The van der Waals surface area contributed by atoms with Crippen molar-refractivity contribution in [2.45, 2.75) is 19.0 Å². The summed E-state index contributed by atoms with van der Waals surface area (Å²) in [4.78, 5) is 2.86. The van der Waals surface area contributed by atoms with Crippen LogP contribution >= 0.6 is 0 Å². The van der Waals surface area contributed by atoms with Gasteiger partial charge in [-0.3, -0.25) is 0 Å². The van der Waals surface area contributed by atoms with E-state index >= 15 is 0 Å². The van der Waals surface area contributed by atoms with Crippen LogP contribution in [0.2, 0.25) is 0 Å². The number of methoxy groups -OCH3 is 1. The molecule has 0 N–H and O–H groups in total. The summed E-state index contributed by atoms with van der Waals surface area (Å²) in [5, 5.41) is 8.51. The number of rotatable bonds is 3. The standard InChI is InChI=1S/C10H6F6N2O2/c1-19-6-4-18-8(9(11,12)13)7(5(6)2-3-17)20-10(14,15)16/h4H,2H2,1H3. The second kappa shape index (κ2) is 5.44. The predicted octanol–water partition coefficient (Wildman–Crippen LogP) is 3.07. The highest BCUT2D eigenvalue weighted by atomic mass is 19.4. The fourth-order valence-electron chi connectivity index (χ4n) is 1.36. The van der Waals surface area contributed by atoms with Crippen molar-refractivity contribution >= 4 is 0 Å². The Hall–Kier alpha value is -2.18. The zero-order valence-corrected chi connectivity index (χ0v) is 9.76. The van der Waals surface area contributed by atoms with Gasteiger partial charge in [-0.2, -0.15) is 18.4 Å². The maximum Gasteiger partial charge on any atom is 0.573 e. The zero-order chi connectivity index (χ0) is 15.6. The highest BCUT2D eigenvalue weighted by molar-refractivity contribution is 5.48. The van der Waals surface area contributed by atoms with Gasteiger partial charge in [-0.15, -0.1) is 13.2 Å². The molecule has 10 heteroatoms.